The van der Waals surface area contributed by atoms with Crippen molar-refractivity contribution in [2.75, 3.05) is 5.73 Å². The molecule has 84 valence electrons. The molecule has 7 heteroatoms. The maximum atomic E-state index is 11.9. The van der Waals surface area contributed by atoms with E-state index in [9.17, 15) is 8.78 Å². The van der Waals surface area contributed by atoms with Gasteiger partial charge >= 0.3 is 6.61 Å². The van der Waals surface area contributed by atoms with Crippen molar-refractivity contribution in [2.45, 2.75) is 6.61 Å². The van der Waals surface area contributed by atoms with Gasteiger partial charge in [-0.15, -0.1) is 10.2 Å². The van der Waals surface area contributed by atoms with Crippen molar-refractivity contribution in [3.8, 4) is 16.3 Å². The first-order valence-electron chi connectivity index (χ1n) is 4.29. The molecule has 0 saturated heterocycles. The van der Waals surface area contributed by atoms with E-state index >= 15 is 0 Å². The molecule has 0 amide bonds. The molecule has 1 aromatic heterocycles. The van der Waals surface area contributed by atoms with Crippen molar-refractivity contribution in [2.24, 2.45) is 0 Å². The first-order chi connectivity index (χ1) is 7.65. The molecule has 0 aliphatic rings. The monoisotopic (exact) mass is 243 g/mol. The smallest absolute Gasteiger partial charge is 0.387 e. The first-order valence-corrected chi connectivity index (χ1v) is 5.11. The van der Waals surface area contributed by atoms with E-state index in [1.807, 2.05) is 0 Å². The molecule has 2 N–H and O–H groups in total. The second-order valence-corrected chi connectivity index (χ2v) is 3.86. The van der Waals surface area contributed by atoms with Crippen molar-refractivity contribution in [1.82, 2.24) is 10.2 Å². The predicted molar refractivity (Wildman–Crippen MR) is 56.4 cm³/mol. The van der Waals surface area contributed by atoms with Crippen LogP contribution in [-0.2, 0) is 0 Å². The van der Waals surface area contributed by atoms with Crippen molar-refractivity contribution < 1.29 is 13.5 Å². The van der Waals surface area contributed by atoms with Crippen LogP contribution in [0, 0.1) is 0 Å². The fourth-order valence-electron chi connectivity index (χ4n) is 1.13. The van der Waals surface area contributed by atoms with E-state index in [0.717, 1.165) is 5.56 Å². The van der Waals surface area contributed by atoms with Crippen LogP contribution >= 0.6 is 11.3 Å². The molecular formula is C9H7F2N3OS. The van der Waals surface area contributed by atoms with Crippen LogP contribution in [0.25, 0.3) is 10.6 Å². The van der Waals surface area contributed by atoms with Gasteiger partial charge in [-0.3, -0.25) is 0 Å². The molecule has 0 aliphatic heterocycles. The molecule has 0 saturated carbocycles. The Labute approximate surface area is 93.7 Å². The number of anilines is 1. The molecular weight excluding hydrogens is 236 g/mol. The van der Waals surface area contributed by atoms with E-state index in [0.29, 0.717) is 10.1 Å². The second-order valence-electron chi connectivity index (χ2n) is 2.85. The van der Waals surface area contributed by atoms with Gasteiger partial charge in [0.05, 0.1) is 0 Å². The minimum absolute atomic E-state index is 0.108. The normalized spacial score (nSPS) is 10.7. The number of alkyl halides is 2. The summed E-state index contributed by atoms with van der Waals surface area (Å²) in [5.74, 6) is 0.108. The third kappa shape index (κ3) is 2.43. The topological polar surface area (TPSA) is 61.0 Å². The van der Waals surface area contributed by atoms with E-state index in [4.69, 9.17) is 5.73 Å². The Morgan fingerprint density at radius 3 is 2.38 bits per heavy atom. The van der Waals surface area contributed by atoms with E-state index in [2.05, 4.69) is 14.9 Å². The first kappa shape index (κ1) is 10.7. The summed E-state index contributed by atoms with van der Waals surface area (Å²) in [6, 6.07) is 6.13. The summed E-state index contributed by atoms with van der Waals surface area (Å²) in [5, 5.41) is 8.49. The lowest BCUT2D eigenvalue weighted by molar-refractivity contribution is -0.0498. The molecule has 0 aliphatic carbocycles. The van der Waals surface area contributed by atoms with Crippen molar-refractivity contribution >= 4 is 16.5 Å². The summed E-state index contributed by atoms with van der Waals surface area (Å²) in [5.41, 5.74) is 6.19. The molecule has 2 aromatic rings. The average molecular weight is 243 g/mol. The number of halogens is 2. The molecule has 0 radical (unpaired) electrons. The summed E-state index contributed by atoms with van der Waals surface area (Å²) in [7, 11) is 0. The van der Waals surface area contributed by atoms with E-state index in [-0.39, 0.29) is 5.75 Å². The van der Waals surface area contributed by atoms with E-state index < -0.39 is 6.61 Å². The number of hydrogen-bond donors (Lipinski definition) is 1. The molecule has 1 heterocycles. The van der Waals surface area contributed by atoms with Gasteiger partial charge in [0.1, 0.15) is 10.8 Å². The summed E-state index contributed by atoms with van der Waals surface area (Å²) in [6.07, 6.45) is 0. The highest BCUT2D eigenvalue weighted by molar-refractivity contribution is 7.18. The highest BCUT2D eigenvalue weighted by atomic mass is 32.1. The molecule has 0 atom stereocenters. The van der Waals surface area contributed by atoms with Crippen LogP contribution in [0.15, 0.2) is 24.3 Å². The minimum atomic E-state index is -2.82. The highest BCUT2D eigenvalue weighted by Gasteiger charge is 2.06. The van der Waals surface area contributed by atoms with Gasteiger partial charge in [-0.05, 0) is 24.3 Å². The Morgan fingerprint density at radius 2 is 1.88 bits per heavy atom. The van der Waals surface area contributed by atoms with Gasteiger partial charge in [0, 0.05) is 5.56 Å². The largest absolute Gasteiger partial charge is 0.435 e. The number of ether oxygens (including phenoxy) is 1. The van der Waals surface area contributed by atoms with Crippen molar-refractivity contribution in [3.63, 3.8) is 0 Å². The average Bonchev–Trinajstić information content (AvgIpc) is 2.65. The van der Waals surface area contributed by atoms with Crippen LogP contribution in [0.1, 0.15) is 0 Å². The van der Waals surface area contributed by atoms with Crippen LogP contribution in [0.4, 0.5) is 13.9 Å². The summed E-state index contributed by atoms with van der Waals surface area (Å²) < 4.78 is 28.0. The van der Waals surface area contributed by atoms with Crippen LogP contribution < -0.4 is 10.5 Å². The number of nitrogens with two attached hydrogens (primary N) is 1. The summed E-state index contributed by atoms with van der Waals surface area (Å²) in [6.45, 7) is -2.82. The lowest BCUT2D eigenvalue weighted by atomic mass is 10.2. The minimum Gasteiger partial charge on any atom is -0.435 e. The molecule has 0 bridgehead atoms. The molecule has 0 unspecified atom stereocenters. The maximum Gasteiger partial charge on any atom is 0.387 e. The number of nitrogen functional groups attached to an aromatic ring is 1. The Bertz CT molecular complexity index is 472. The zero-order chi connectivity index (χ0) is 11.5. The standard InChI is InChI=1S/C9H7F2N3OS/c10-8(11)15-6-3-1-5(2-4-6)7-13-14-9(12)16-7/h1-4,8H,(H2,12,14). The highest BCUT2D eigenvalue weighted by Crippen LogP contribution is 2.26. The zero-order valence-electron chi connectivity index (χ0n) is 7.93. The SMILES string of the molecule is Nc1nnc(-c2ccc(OC(F)F)cc2)s1. The molecule has 16 heavy (non-hydrogen) atoms. The number of hydrogen-bond acceptors (Lipinski definition) is 5. The second kappa shape index (κ2) is 4.40. The Kier molecular flexibility index (Phi) is 2.95. The predicted octanol–water partition coefficient (Wildman–Crippen LogP) is 2.39. The van der Waals surface area contributed by atoms with Gasteiger partial charge in [-0.25, -0.2) is 0 Å². The Hall–Kier alpha value is -1.76. The van der Waals surface area contributed by atoms with Crippen molar-refractivity contribution in [3.05, 3.63) is 24.3 Å². The van der Waals surface area contributed by atoms with E-state index in [1.54, 1.807) is 12.1 Å². The molecule has 2 rings (SSSR count). The Balaban J connectivity index is 2.19. The van der Waals surface area contributed by atoms with Crippen LogP contribution in [0.3, 0.4) is 0 Å². The lowest BCUT2D eigenvalue weighted by Gasteiger charge is -2.03. The maximum absolute atomic E-state index is 11.9. The van der Waals surface area contributed by atoms with Crippen LogP contribution in [-0.4, -0.2) is 16.8 Å². The quantitative estimate of drug-likeness (QED) is 0.899. The molecule has 1 aromatic carbocycles. The van der Waals surface area contributed by atoms with Gasteiger partial charge < -0.3 is 10.5 Å². The zero-order valence-corrected chi connectivity index (χ0v) is 8.75. The molecule has 0 spiro atoms. The van der Waals surface area contributed by atoms with Gasteiger partial charge in [-0.1, -0.05) is 11.3 Å². The molecule has 0 fully saturated rings. The van der Waals surface area contributed by atoms with Gasteiger partial charge in [0.15, 0.2) is 0 Å². The van der Waals surface area contributed by atoms with Gasteiger partial charge in [0.25, 0.3) is 0 Å². The molecule has 4 nitrogen and oxygen atoms in total. The van der Waals surface area contributed by atoms with Gasteiger partial charge in [0.2, 0.25) is 5.13 Å². The Morgan fingerprint density at radius 1 is 1.19 bits per heavy atom. The van der Waals surface area contributed by atoms with Crippen LogP contribution in [0.5, 0.6) is 5.75 Å². The van der Waals surface area contributed by atoms with Crippen LogP contribution in [0.2, 0.25) is 0 Å². The fourth-order valence-corrected chi connectivity index (χ4v) is 1.75. The fraction of sp³-hybridized carbons (Fsp3) is 0.111. The van der Waals surface area contributed by atoms with E-state index in [1.165, 1.54) is 23.5 Å². The van der Waals surface area contributed by atoms with Gasteiger partial charge in [-0.2, -0.15) is 8.78 Å². The number of aromatic nitrogens is 2. The lowest BCUT2D eigenvalue weighted by Crippen LogP contribution is -2.01. The third-order valence-electron chi connectivity index (χ3n) is 1.77. The summed E-state index contributed by atoms with van der Waals surface area (Å²) >= 11 is 1.23. The summed E-state index contributed by atoms with van der Waals surface area (Å²) in [4.78, 5) is 0. The third-order valence-corrected chi connectivity index (χ3v) is 2.57. The number of rotatable bonds is 3. The number of nitrogens with zero attached hydrogens (tertiary/aromatic N) is 2. The van der Waals surface area contributed by atoms with Crippen molar-refractivity contribution in [1.29, 1.82) is 0 Å². The number of benzene rings is 1.